The van der Waals surface area contributed by atoms with Gasteiger partial charge in [0.25, 0.3) is 0 Å². The van der Waals surface area contributed by atoms with E-state index in [2.05, 4.69) is 107 Å². The lowest BCUT2D eigenvalue weighted by Gasteiger charge is -2.23. The highest BCUT2D eigenvalue weighted by molar-refractivity contribution is 6.12. The molecule has 0 amide bonds. The van der Waals surface area contributed by atoms with Crippen LogP contribution in [0.3, 0.4) is 0 Å². The molecular formula is C31H34N2. The molecule has 0 bridgehead atoms. The van der Waals surface area contributed by atoms with E-state index in [-0.39, 0.29) is 0 Å². The summed E-state index contributed by atoms with van der Waals surface area (Å²) in [6, 6.07) is 20.6. The van der Waals surface area contributed by atoms with Crippen LogP contribution in [0.4, 0.5) is 0 Å². The predicted molar refractivity (Wildman–Crippen MR) is 143 cm³/mol. The molecule has 2 heterocycles. The van der Waals surface area contributed by atoms with E-state index in [4.69, 9.17) is 4.98 Å². The predicted octanol–water partition coefficient (Wildman–Crippen LogP) is 8.99. The van der Waals surface area contributed by atoms with Gasteiger partial charge in [-0.1, -0.05) is 84.0 Å². The number of hydrogen-bond acceptors (Lipinski definition) is 1. The molecule has 0 unspecified atom stereocenters. The Morgan fingerprint density at radius 1 is 0.697 bits per heavy atom. The molecule has 33 heavy (non-hydrogen) atoms. The number of nitrogens with zero attached hydrogens (tertiary/aromatic N) is 2. The van der Waals surface area contributed by atoms with Gasteiger partial charge in [-0.3, -0.25) is 4.40 Å². The normalized spacial score (nSPS) is 12.3. The van der Waals surface area contributed by atoms with Gasteiger partial charge < -0.3 is 0 Å². The van der Waals surface area contributed by atoms with Crippen LogP contribution < -0.4 is 0 Å². The lowest BCUT2D eigenvalue weighted by atomic mass is 9.81. The number of pyridine rings is 1. The van der Waals surface area contributed by atoms with E-state index in [0.29, 0.717) is 17.8 Å². The molecule has 0 atom stereocenters. The summed E-state index contributed by atoms with van der Waals surface area (Å²) in [4.78, 5) is 4.74. The third kappa shape index (κ3) is 3.44. The molecule has 5 rings (SSSR count). The summed E-state index contributed by atoms with van der Waals surface area (Å²) in [5.74, 6) is 1.44. The summed E-state index contributed by atoms with van der Waals surface area (Å²) in [5.41, 5.74) is 10.5. The van der Waals surface area contributed by atoms with E-state index in [1.165, 1.54) is 55.2 Å². The van der Waals surface area contributed by atoms with Crippen molar-refractivity contribution < 1.29 is 0 Å². The zero-order chi connectivity index (χ0) is 23.4. The van der Waals surface area contributed by atoms with Crippen LogP contribution in [0.5, 0.6) is 0 Å². The van der Waals surface area contributed by atoms with E-state index in [1.807, 2.05) is 6.20 Å². The van der Waals surface area contributed by atoms with Crippen LogP contribution in [0.15, 0.2) is 60.8 Å². The lowest BCUT2D eigenvalue weighted by Crippen LogP contribution is -2.04. The molecule has 2 heteroatoms. The molecule has 2 nitrogen and oxygen atoms in total. The molecule has 0 aliphatic carbocycles. The Balaban J connectivity index is 1.90. The zero-order valence-corrected chi connectivity index (χ0v) is 20.9. The first kappa shape index (κ1) is 21.7. The quantitative estimate of drug-likeness (QED) is 0.258. The Morgan fingerprint density at radius 3 is 1.94 bits per heavy atom. The molecule has 0 saturated carbocycles. The Labute approximate surface area is 197 Å². The van der Waals surface area contributed by atoms with Crippen LogP contribution >= 0.6 is 0 Å². The summed E-state index contributed by atoms with van der Waals surface area (Å²) in [6.45, 7) is 16.0. The summed E-state index contributed by atoms with van der Waals surface area (Å²) in [6.07, 6.45) is 1.98. The number of aromatic nitrogens is 2. The van der Waals surface area contributed by atoms with Crippen molar-refractivity contribution in [2.75, 3.05) is 0 Å². The van der Waals surface area contributed by atoms with Crippen LogP contribution in [-0.4, -0.2) is 9.38 Å². The van der Waals surface area contributed by atoms with Crippen molar-refractivity contribution >= 4 is 27.3 Å². The maximum atomic E-state index is 4.74. The highest BCUT2D eigenvalue weighted by atomic mass is 15.0. The number of benzene rings is 3. The van der Waals surface area contributed by atoms with Gasteiger partial charge in [-0.15, -0.1) is 0 Å². The van der Waals surface area contributed by atoms with Crippen LogP contribution in [0.25, 0.3) is 38.4 Å². The molecule has 2 aromatic heterocycles. The molecule has 168 valence electrons. The molecular weight excluding hydrogens is 400 g/mol. The molecule has 5 aromatic rings. The van der Waals surface area contributed by atoms with Gasteiger partial charge in [-0.05, 0) is 70.0 Å². The van der Waals surface area contributed by atoms with Gasteiger partial charge in [0.15, 0.2) is 0 Å². The van der Waals surface area contributed by atoms with Crippen molar-refractivity contribution in [1.29, 1.82) is 0 Å². The molecule has 0 N–H and O–H groups in total. The van der Waals surface area contributed by atoms with Gasteiger partial charge in [-0.2, -0.15) is 0 Å². The average molecular weight is 435 g/mol. The monoisotopic (exact) mass is 434 g/mol. The maximum Gasteiger partial charge on any atom is 0.145 e. The Bertz CT molecular complexity index is 1470. The molecule has 0 fully saturated rings. The minimum Gasteiger partial charge on any atom is -0.296 e. The summed E-state index contributed by atoms with van der Waals surface area (Å²) in [7, 11) is 0. The second kappa shape index (κ2) is 8.02. The fourth-order valence-corrected chi connectivity index (χ4v) is 5.24. The van der Waals surface area contributed by atoms with Crippen LogP contribution in [0.1, 0.15) is 81.7 Å². The SMILES string of the molecule is Cc1cnc2c3ccccc3c3cc(-c4c(C(C)C)cc(C(C)C)cc4C(C)C)ccc3n12. The lowest BCUT2D eigenvalue weighted by molar-refractivity contribution is 0.807. The first-order valence-electron chi connectivity index (χ1n) is 12.2. The summed E-state index contributed by atoms with van der Waals surface area (Å²) in [5, 5.41) is 3.76. The third-order valence-corrected chi connectivity index (χ3v) is 7.05. The topological polar surface area (TPSA) is 17.3 Å². The van der Waals surface area contributed by atoms with Gasteiger partial charge in [0, 0.05) is 22.7 Å². The molecule has 0 aliphatic rings. The number of fused-ring (bicyclic) bond motifs is 6. The standard InChI is InChI=1S/C31H34N2/c1-18(2)23-15-26(19(3)4)30(27(16-23)20(5)6)22-12-13-29-28(14-22)24-10-8-9-11-25(24)31-32-17-21(7)33(29)31/h8-20H,1-7H3. The van der Waals surface area contributed by atoms with E-state index in [9.17, 15) is 0 Å². The van der Waals surface area contributed by atoms with Crippen molar-refractivity contribution in [1.82, 2.24) is 9.38 Å². The number of rotatable bonds is 4. The van der Waals surface area contributed by atoms with Gasteiger partial charge in [0.05, 0.1) is 5.52 Å². The Morgan fingerprint density at radius 2 is 1.33 bits per heavy atom. The Hall–Kier alpha value is -3.13. The van der Waals surface area contributed by atoms with Crippen molar-refractivity contribution in [3.05, 3.63) is 83.2 Å². The first-order chi connectivity index (χ1) is 15.8. The van der Waals surface area contributed by atoms with Gasteiger partial charge in [0.2, 0.25) is 0 Å². The second-order valence-electron chi connectivity index (χ2n) is 10.4. The minimum absolute atomic E-state index is 0.460. The van der Waals surface area contributed by atoms with Crippen LogP contribution in [-0.2, 0) is 0 Å². The van der Waals surface area contributed by atoms with Crippen molar-refractivity contribution in [2.24, 2.45) is 0 Å². The van der Waals surface area contributed by atoms with Crippen LogP contribution in [0.2, 0.25) is 0 Å². The molecule has 3 aromatic carbocycles. The minimum atomic E-state index is 0.460. The molecule has 0 spiro atoms. The fraction of sp³-hybridized carbons (Fsp3) is 0.323. The highest BCUT2D eigenvalue weighted by Crippen LogP contribution is 2.41. The number of aryl methyl sites for hydroxylation is 1. The molecule has 0 radical (unpaired) electrons. The summed E-state index contributed by atoms with van der Waals surface area (Å²) < 4.78 is 2.30. The fourth-order valence-electron chi connectivity index (χ4n) is 5.24. The van der Waals surface area contributed by atoms with Gasteiger partial charge >= 0.3 is 0 Å². The van der Waals surface area contributed by atoms with Crippen molar-refractivity contribution in [2.45, 2.75) is 66.2 Å². The second-order valence-corrected chi connectivity index (χ2v) is 10.4. The largest absolute Gasteiger partial charge is 0.296 e. The molecule has 0 aliphatic heterocycles. The van der Waals surface area contributed by atoms with Crippen molar-refractivity contribution in [3.63, 3.8) is 0 Å². The zero-order valence-electron chi connectivity index (χ0n) is 20.9. The average Bonchev–Trinajstić information content (AvgIpc) is 3.19. The van der Waals surface area contributed by atoms with Gasteiger partial charge in [0.1, 0.15) is 5.65 Å². The highest BCUT2D eigenvalue weighted by Gasteiger charge is 2.20. The van der Waals surface area contributed by atoms with Gasteiger partial charge in [-0.25, -0.2) is 4.98 Å². The number of imidazole rings is 1. The third-order valence-electron chi connectivity index (χ3n) is 7.05. The maximum absolute atomic E-state index is 4.74. The van der Waals surface area contributed by atoms with E-state index in [1.54, 1.807) is 0 Å². The van der Waals surface area contributed by atoms with Crippen LogP contribution in [0, 0.1) is 6.92 Å². The number of hydrogen-bond donors (Lipinski definition) is 0. The van der Waals surface area contributed by atoms with E-state index >= 15 is 0 Å². The first-order valence-corrected chi connectivity index (χ1v) is 12.2. The van der Waals surface area contributed by atoms with Crippen molar-refractivity contribution in [3.8, 4) is 11.1 Å². The van der Waals surface area contributed by atoms with E-state index in [0.717, 1.165) is 5.65 Å². The van der Waals surface area contributed by atoms with E-state index < -0.39 is 0 Å². The Kier molecular flexibility index (Phi) is 5.28. The summed E-state index contributed by atoms with van der Waals surface area (Å²) >= 11 is 0. The molecule has 0 saturated heterocycles. The smallest absolute Gasteiger partial charge is 0.145 e.